The predicted molar refractivity (Wildman–Crippen MR) is 123 cm³/mol. The van der Waals surface area contributed by atoms with Gasteiger partial charge in [0.15, 0.2) is 0 Å². The number of nitrogens with zero attached hydrogens (tertiary/aromatic N) is 3. The molecular formula is C25H31N5. The molecule has 3 heterocycles. The zero-order chi connectivity index (χ0) is 20.6. The van der Waals surface area contributed by atoms with Crippen LogP contribution in [0.3, 0.4) is 0 Å². The van der Waals surface area contributed by atoms with Crippen LogP contribution in [-0.2, 0) is 0 Å². The number of allylic oxidation sites excluding steroid dienone is 1. The number of nitrogens with one attached hydrogen (secondary N) is 2. The number of likely N-dealkylation sites (tertiary alicyclic amines) is 1. The normalized spacial score (nSPS) is 19.5. The van der Waals surface area contributed by atoms with Gasteiger partial charge in [0.1, 0.15) is 5.82 Å². The van der Waals surface area contributed by atoms with E-state index >= 15 is 0 Å². The van der Waals surface area contributed by atoms with Crippen LogP contribution in [-0.4, -0.2) is 39.7 Å². The average Bonchev–Trinajstić information content (AvgIpc) is 3.27. The third-order valence-electron chi connectivity index (χ3n) is 7.09. The Morgan fingerprint density at radius 3 is 2.70 bits per heavy atom. The molecule has 0 spiro atoms. The Hall–Kier alpha value is -2.66. The van der Waals surface area contributed by atoms with Gasteiger partial charge in [0.05, 0.1) is 6.20 Å². The molecule has 1 aromatic carbocycles. The summed E-state index contributed by atoms with van der Waals surface area (Å²) in [6.07, 6.45) is 12.3. The second kappa shape index (κ2) is 7.88. The van der Waals surface area contributed by atoms with E-state index in [9.17, 15) is 0 Å². The molecule has 1 saturated heterocycles. The van der Waals surface area contributed by atoms with Crippen LogP contribution in [0.2, 0.25) is 0 Å². The molecular weight excluding hydrogens is 370 g/mol. The monoisotopic (exact) mass is 401 g/mol. The number of pyridine rings is 1. The fraction of sp³-hybridized carbons (Fsp3) is 0.440. The largest absolute Gasteiger partial charge is 0.344 e. The van der Waals surface area contributed by atoms with E-state index in [1.165, 1.54) is 57.1 Å². The van der Waals surface area contributed by atoms with Crippen LogP contribution in [0.25, 0.3) is 21.9 Å². The smallest absolute Gasteiger partial charge is 0.130 e. The Morgan fingerprint density at radius 1 is 1.17 bits per heavy atom. The van der Waals surface area contributed by atoms with E-state index in [2.05, 4.69) is 63.2 Å². The van der Waals surface area contributed by atoms with Crippen LogP contribution in [0.5, 0.6) is 0 Å². The van der Waals surface area contributed by atoms with Crippen LogP contribution in [0, 0.1) is 11.3 Å². The number of aromatic nitrogens is 3. The van der Waals surface area contributed by atoms with Crippen molar-refractivity contribution in [2.75, 3.05) is 25.0 Å². The quantitative estimate of drug-likeness (QED) is 0.576. The van der Waals surface area contributed by atoms with Crippen molar-refractivity contribution in [3.63, 3.8) is 0 Å². The van der Waals surface area contributed by atoms with Crippen molar-refractivity contribution in [1.29, 1.82) is 0 Å². The summed E-state index contributed by atoms with van der Waals surface area (Å²) in [5.41, 5.74) is 3.92. The number of hydrogen-bond donors (Lipinski definition) is 2. The number of aromatic amines is 1. The molecule has 30 heavy (non-hydrogen) atoms. The van der Waals surface area contributed by atoms with E-state index in [-0.39, 0.29) is 0 Å². The van der Waals surface area contributed by atoms with Crippen molar-refractivity contribution in [3.05, 3.63) is 55.1 Å². The van der Waals surface area contributed by atoms with E-state index in [0.717, 1.165) is 28.0 Å². The van der Waals surface area contributed by atoms with Crippen molar-refractivity contribution in [1.82, 2.24) is 20.1 Å². The van der Waals surface area contributed by atoms with Gasteiger partial charge in [0, 0.05) is 41.5 Å². The molecule has 0 bridgehead atoms. The Morgan fingerprint density at radius 2 is 2.00 bits per heavy atom. The lowest BCUT2D eigenvalue weighted by Crippen LogP contribution is -2.44. The van der Waals surface area contributed by atoms with Gasteiger partial charge in [-0.25, -0.2) is 4.98 Å². The molecule has 2 aromatic heterocycles. The van der Waals surface area contributed by atoms with Crippen molar-refractivity contribution >= 4 is 16.6 Å². The first-order chi connectivity index (χ1) is 14.6. The van der Waals surface area contributed by atoms with E-state index < -0.39 is 0 Å². The maximum absolute atomic E-state index is 4.62. The number of anilines is 1. The first kappa shape index (κ1) is 19.3. The molecule has 5 nitrogen and oxygen atoms in total. The second-order valence-electron chi connectivity index (χ2n) is 9.48. The van der Waals surface area contributed by atoms with Crippen molar-refractivity contribution < 1.29 is 0 Å². The molecule has 0 atom stereocenters. The summed E-state index contributed by atoms with van der Waals surface area (Å²) in [6, 6.07) is 8.53. The molecule has 156 valence electrons. The van der Waals surface area contributed by atoms with E-state index in [0.29, 0.717) is 11.3 Å². The molecule has 3 aromatic rings. The van der Waals surface area contributed by atoms with Gasteiger partial charge in [-0.2, -0.15) is 5.10 Å². The van der Waals surface area contributed by atoms with Crippen LogP contribution in [0.4, 0.5) is 5.82 Å². The van der Waals surface area contributed by atoms with Crippen molar-refractivity contribution in [3.8, 4) is 11.1 Å². The molecule has 2 aliphatic rings. The summed E-state index contributed by atoms with van der Waals surface area (Å²) >= 11 is 0. The lowest BCUT2D eigenvalue weighted by Gasteiger charge is -2.44. The maximum Gasteiger partial charge on any atom is 0.130 e. The summed E-state index contributed by atoms with van der Waals surface area (Å²) in [7, 11) is 0. The molecule has 0 unspecified atom stereocenters. The summed E-state index contributed by atoms with van der Waals surface area (Å²) in [6.45, 7) is 10.4. The van der Waals surface area contributed by atoms with Crippen LogP contribution in [0.15, 0.2) is 55.1 Å². The summed E-state index contributed by atoms with van der Waals surface area (Å²) < 4.78 is 0. The van der Waals surface area contributed by atoms with Gasteiger partial charge in [-0.1, -0.05) is 32.1 Å². The average molecular weight is 402 g/mol. The minimum absolute atomic E-state index is 0.519. The zero-order valence-corrected chi connectivity index (χ0v) is 17.8. The summed E-state index contributed by atoms with van der Waals surface area (Å²) in [5.74, 6) is 1.39. The Bertz CT molecular complexity index is 1030. The van der Waals surface area contributed by atoms with Gasteiger partial charge in [0.25, 0.3) is 0 Å². The Labute approximate surface area is 178 Å². The number of benzene rings is 1. The molecule has 1 aliphatic heterocycles. The highest BCUT2D eigenvalue weighted by Crippen LogP contribution is 2.41. The maximum atomic E-state index is 4.62. The fourth-order valence-corrected chi connectivity index (χ4v) is 4.98. The second-order valence-corrected chi connectivity index (χ2v) is 9.48. The van der Waals surface area contributed by atoms with Gasteiger partial charge in [-0.05, 0) is 67.3 Å². The predicted octanol–water partition coefficient (Wildman–Crippen LogP) is 5.45. The molecule has 1 saturated carbocycles. The molecule has 2 N–H and O–H groups in total. The standard InChI is InChI=1S/C25H31N5/c1-18(19-6-10-30(11-7-19)17-25(2)8-3-9-25)29-24-13-22-12-20(23-15-27-28-16-23)4-5-21(22)14-26-24/h4-5,12-16,19H,1,3,6-11,17H2,2H3,(H,26,29)(H,27,28). The van der Waals surface area contributed by atoms with Crippen molar-refractivity contribution in [2.45, 2.75) is 39.0 Å². The Kier molecular flexibility index (Phi) is 5.07. The third-order valence-corrected chi connectivity index (χ3v) is 7.09. The molecule has 0 radical (unpaired) electrons. The topological polar surface area (TPSA) is 56.8 Å². The van der Waals surface area contributed by atoms with Gasteiger partial charge in [-0.15, -0.1) is 0 Å². The van der Waals surface area contributed by atoms with E-state index in [4.69, 9.17) is 0 Å². The summed E-state index contributed by atoms with van der Waals surface area (Å²) in [5, 5.41) is 12.7. The minimum Gasteiger partial charge on any atom is -0.344 e. The first-order valence-electron chi connectivity index (χ1n) is 11.2. The number of rotatable bonds is 6. The van der Waals surface area contributed by atoms with Crippen LogP contribution in [0.1, 0.15) is 39.0 Å². The van der Waals surface area contributed by atoms with E-state index in [1.807, 2.05) is 18.6 Å². The van der Waals surface area contributed by atoms with Crippen LogP contribution < -0.4 is 5.32 Å². The SMILES string of the molecule is C=C(Nc1cc2cc(-c3cn[nH]c3)ccc2cn1)C1CCN(CC2(C)CCC2)CC1. The molecule has 1 aliphatic carbocycles. The van der Waals surface area contributed by atoms with Gasteiger partial charge >= 0.3 is 0 Å². The lowest BCUT2D eigenvalue weighted by atomic mass is 9.70. The van der Waals surface area contributed by atoms with Gasteiger partial charge < -0.3 is 10.2 Å². The molecule has 5 rings (SSSR count). The first-order valence-corrected chi connectivity index (χ1v) is 11.2. The fourth-order valence-electron chi connectivity index (χ4n) is 4.98. The molecule has 5 heteroatoms. The highest BCUT2D eigenvalue weighted by Gasteiger charge is 2.34. The third kappa shape index (κ3) is 3.99. The highest BCUT2D eigenvalue weighted by molar-refractivity contribution is 5.88. The zero-order valence-electron chi connectivity index (χ0n) is 17.8. The van der Waals surface area contributed by atoms with Crippen LogP contribution >= 0.6 is 0 Å². The van der Waals surface area contributed by atoms with Crippen molar-refractivity contribution in [2.24, 2.45) is 11.3 Å². The van der Waals surface area contributed by atoms with E-state index in [1.54, 1.807) is 0 Å². The number of piperidine rings is 1. The highest BCUT2D eigenvalue weighted by atomic mass is 15.1. The lowest BCUT2D eigenvalue weighted by molar-refractivity contribution is 0.0675. The minimum atomic E-state index is 0.519. The van der Waals surface area contributed by atoms with Gasteiger partial charge in [-0.3, -0.25) is 5.10 Å². The van der Waals surface area contributed by atoms with Gasteiger partial charge in [0.2, 0.25) is 0 Å². The number of hydrogen-bond acceptors (Lipinski definition) is 4. The number of fused-ring (bicyclic) bond motifs is 1. The Balaban J connectivity index is 1.22. The summed E-state index contributed by atoms with van der Waals surface area (Å²) in [4.78, 5) is 7.28. The number of H-pyrrole nitrogens is 1. The molecule has 0 amide bonds. The molecule has 2 fully saturated rings.